The topological polar surface area (TPSA) is 9.23 Å². The molecule has 0 N–H and O–H groups in total. The van der Waals surface area contributed by atoms with Crippen LogP contribution in [0.5, 0.6) is 0 Å². The Hall–Kier alpha value is 0.0200. The molecule has 0 unspecified atom stereocenters. The van der Waals surface area contributed by atoms with Gasteiger partial charge in [-0.2, -0.15) is 26.3 Å². The number of hydrogen-bond donors (Lipinski definition) is 0. The van der Waals surface area contributed by atoms with E-state index in [2.05, 4.69) is 4.74 Å². The van der Waals surface area contributed by atoms with Crippen LogP contribution in [0, 0.1) is 0 Å². The fraction of sp³-hybridized carbons (Fsp3) is 1.00. The molecule has 0 aromatic heterocycles. The highest BCUT2D eigenvalue weighted by atomic mass is 79.9. The largest absolute Gasteiger partial charge is 0.363 e. The lowest BCUT2D eigenvalue weighted by atomic mass is 10.2. The second-order valence-corrected chi connectivity index (χ2v) is 3.60. The maximum atomic E-state index is 12.4. The number of hydrogen-bond acceptors (Lipinski definition) is 1. The first kappa shape index (κ1) is 14.0. The lowest BCUT2D eigenvalue weighted by Crippen LogP contribution is -2.36. The minimum absolute atomic E-state index is 0.331. The second-order valence-electron chi connectivity index (χ2n) is 2.61. The summed E-state index contributed by atoms with van der Waals surface area (Å²) in [6.07, 6.45) is -5.09. The first-order chi connectivity index (χ1) is 5.96. The van der Waals surface area contributed by atoms with E-state index in [1.54, 1.807) is 0 Å². The standard InChI is InChI=1S/C6H7BrF6O/c1-4(8,9)14-3-2-5(10,11)6(7,12)13/h2-3H2,1H3. The van der Waals surface area contributed by atoms with Crippen molar-refractivity contribution in [2.24, 2.45) is 0 Å². The van der Waals surface area contributed by atoms with Gasteiger partial charge in [-0.05, 0) is 15.9 Å². The number of ether oxygens (including phenoxy) is 1. The van der Waals surface area contributed by atoms with Crippen LogP contribution in [0.4, 0.5) is 26.3 Å². The summed E-state index contributed by atoms with van der Waals surface area (Å²) in [4.78, 5) is -4.42. The van der Waals surface area contributed by atoms with Crippen molar-refractivity contribution in [2.45, 2.75) is 30.2 Å². The first-order valence-electron chi connectivity index (χ1n) is 3.42. The van der Waals surface area contributed by atoms with Crippen molar-refractivity contribution in [1.82, 2.24) is 0 Å². The zero-order chi connectivity index (χ0) is 11.6. The van der Waals surface area contributed by atoms with Crippen LogP contribution in [-0.2, 0) is 4.74 Å². The molecule has 1 nitrogen and oxygen atoms in total. The average Bonchev–Trinajstić information content (AvgIpc) is 1.80. The van der Waals surface area contributed by atoms with E-state index in [0.29, 0.717) is 6.92 Å². The van der Waals surface area contributed by atoms with Crippen LogP contribution in [-0.4, -0.2) is 23.5 Å². The van der Waals surface area contributed by atoms with Gasteiger partial charge >= 0.3 is 16.9 Å². The van der Waals surface area contributed by atoms with Gasteiger partial charge in [0.1, 0.15) is 0 Å². The SMILES string of the molecule is CC(F)(F)OCCC(F)(F)C(F)(F)Br. The Morgan fingerprint density at radius 3 is 1.79 bits per heavy atom. The summed E-state index contributed by atoms with van der Waals surface area (Å²) in [7, 11) is 0. The molecule has 0 spiro atoms. The van der Waals surface area contributed by atoms with Crippen molar-refractivity contribution in [1.29, 1.82) is 0 Å². The van der Waals surface area contributed by atoms with Gasteiger partial charge in [-0.3, -0.25) is 0 Å². The van der Waals surface area contributed by atoms with Gasteiger partial charge in [0, 0.05) is 13.3 Å². The summed E-state index contributed by atoms with van der Waals surface area (Å²) < 4.78 is 76.3. The van der Waals surface area contributed by atoms with E-state index < -0.39 is 29.9 Å². The molecule has 0 bridgehead atoms. The number of halogens is 7. The van der Waals surface area contributed by atoms with Gasteiger partial charge in [-0.1, -0.05) is 0 Å². The molecule has 0 aliphatic carbocycles. The summed E-state index contributed by atoms with van der Waals surface area (Å²) in [6.45, 7) is -0.824. The molecular weight excluding hydrogens is 282 g/mol. The van der Waals surface area contributed by atoms with Gasteiger partial charge in [-0.15, -0.1) is 0 Å². The molecule has 0 aromatic rings. The molecule has 0 amide bonds. The van der Waals surface area contributed by atoms with Gasteiger partial charge < -0.3 is 4.74 Å². The van der Waals surface area contributed by atoms with E-state index in [-0.39, 0.29) is 0 Å². The van der Waals surface area contributed by atoms with Crippen molar-refractivity contribution in [3.63, 3.8) is 0 Å². The molecule has 0 heterocycles. The van der Waals surface area contributed by atoms with E-state index in [4.69, 9.17) is 0 Å². The fourth-order valence-corrected chi connectivity index (χ4v) is 0.698. The smallest absolute Gasteiger partial charge is 0.320 e. The third kappa shape index (κ3) is 5.04. The summed E-state index contributed by atoms with van der Waals surface area (Å²) in [5, 5.41) is 0. The van der Waals surface area contributed by atoms with E-state index in [0.717, 1.165) is 0 Å². The van der Waals surface area contributed by atoms with Crippen molar-refractivity contribution in [3.8, 4) is 0 Å². The van der Waals surface area contributed by atoms with Gasteiger partial charge in [-0.25, -0.2) is 0 Å². The molecule has 0 aromatic carbocycles. The Bertz CT molecular complexity index is 184. The van der Waals surface area contributed by atoms with E-state index >= 15 is 0 Å². The third-order valence-electron chi connectivity index (χ3n) is 1.19. The van der Waals surface area contributed by atoms with E-state index in [1.807, 2.05) is 0 Å². The van der Waals surface area contributed by atoms with Gasteiger partial charge in [0.2, 0.25) is 0 Å². The van der Waals surface area contributed by atoms with Crippen LogP contribution in [0.25, 0.3) is 0 Å². The van der Waals surface area contributed by atoms with Crippen molar-refractivity contribution in [3.05, 3.63) is 0 Å². The summed E-state index contributed by atoms with van der Waals surface area (Å²) in [5.41, 5.74) is 0. The Morgan fingerprint density at radius 1 is 1.07 bits per heavy atom. The molecule has 8 heteroatoms. The molecule has 14 heavy (non-hydrogen) atoms. The number of alkyl halides is 7. The van der Waals surface area contributed by atoms with Crippen molar-refractivity contribution in [2.75, 3.05) is 6.61 Å². The molecule has 86 valence electrons. The highest BCUT2D eigenvalue weighted by molar-refractivity contribution is 9.10. The zero-order valence-electron chi connectivity index (χ0n) is 6.97. The summed E-state index contributed by atoms with van der Waals surface area (Å²) in [6, 6.07) is 0. The fourth-order valence-electron chi connectivity index (χ4n) is 0.500. The predicted octanol–water partition coefficient (Wildman–Crippen LogP) is 3.63. The normalized spacial score (nSPS) is 14.6. The molecule has 0 saturated carbocycles. The molecule has 0 fully saturated rings. The Balaban J connectivity index is 4.02. The van der Waals surface area contributed by atoms with Crippen LogP contribution < -0.4 is 0 Å². The Morgan fingerprint density at radius 2 is 1.50 bits per heavy atom. The van der Waals surface area contributed by atoms with Gasteiger partial charge in [0.15, 0.2) is 0 Å². The quantitative estimate of drug-likeness (QED) is 0.554. The first-order valence-corrected chi connectivity index (χ1v) is 4.21. The molecule has 0 aliphatic heterocycles. The Labute approximate surface area is 84.5 Å². The van der Waals surface area contributed by atoms with E-state index in [9.17, 15) is 26.3 Å². The number of rotatable bonds is 5. The monoisotopic (exact) mass is 288 g/mol. The second kappa shape index (κ2) is 4.26. The maximum Gasteiger partial charge on any atom is 0.363 e. The molecule has 0 aliphatic rings. The molecule has 0 atom stereocenters. The minimum atomic E-state index is -4.42. The molecule has 0 rings (SSSR count). The summed E-state index contributed by atoms with van der Waals surface area (Å²) >= 11 is 1.45. The van der Waals surface area contributed by atoms with E-state index in [1.165, 1.54) is 15.9 Å². The van der Waals surface area contributed by atoms with Crippen LogP contribution in [0.2, 0.25) is 0 Å². The summed E-state index contributed by atoms with van der Waals surface area (Å²) in [5.74, 6) is -4.42. The zero-order valence-corrected chi connectivity index (χ0v) is 8.55. The third-order valence-corrected chi connectivity index (χ3v) is 1.77. The molecule has 0 radical (unpaired) electrons. The van der Waals surface area contributed by atoms with Crippen LogP contribution in [0.1, 0.15) is 13.3 Å². The van der Waals surface area contributed by atoms with Crippen LogP contribution >= 0.6 is 15.9 Å². The van der Waals surface area contributed by atoms with Crippen LogP contribution in [0.3, 0.4) is 0 Å². The average molecular weight is 289 g/mol. The van der Waals surface area contributed by atoms with Crippen LogP contribution in [0.15, 0.2) is 0 Å². The maximum absolute atomic E-state index is 12.4. The lowest BCUT2D eigenvalue weighted by Gasteiger charge is -2.22. The van der Waals surface area contributed by atoms with Gasteiger partial charge in [0.25, 0.3) is 0 Å². The van der Waals surface area contributed by atoms with Crippen molar-refractivity contribution >= 4 is 15.9 Å². The highest BCUT2D eigenvalue weighted by Gasteiger charge is 2.53. The molecular formula is C6H7BrF6O. The Kier molecular flexibility index (Phi) is 4.26. The lowest BCUT2D eigenvalue weighted by molar-refractivity contribution is -0.239. The predicted molar refractivity (Wildman–Crippen MR) is 40.0 cm³/mol. The van der Waals surface area contributed by atoms with Gasteiger partial charge in [0.05, 0.1) is 6.61 Å². The highest BCUT2D eigenvalue weighted by Crippen LogP contribution is 2.41. The minimum Gasteiger partial charge on any atom is -0.320 e. The molecule has 0 saturated heterocycles. The van der Waals surface area contributed by atoms with Crippen molar-refractivity contribution < 1.29 is 31.1 Å².